The third-order valence-corrected chi connectivity index (χ3v) is 3.51. The van der Waals surface area contributed by atoms with E-state index in [1.165, 1.54) is 25.7 Å². The summed E-state index contributed by atoms with van der Waals surface area (Å²) in [5.41, 5.74) is 0. The summed E-state index contributed by atoms with van der Waals surface area (Å²) < 4.78 is 0. The number of thioether (sulfide) groups is 1. The van der Waals surface area contributed by atoms with Crippen molar-refractivity contribution < 1.29 is 0 Å². The summed E-state index contributed by atoms with van der Waals surface area (Å²) in [6.45, 7) is 5.60. The van der Waals surface area contributed by atoms with Crippen molar-refractivity contribution in [3.05, 3.63) is 18.5 Å². The first-order chi connectivity index (χ1) is 8.33. The smallest absolute Gasteiger partial charge is 0.187 e. The molecule has 1 unspecified atom stereocenters. The molecule has 1 N–H and O–H groups in total. The molecular weight excluding hydrogens is 230 g/mol. The first-order valence-corrected chi connectivity index (χ1v) is 7.44. The zero-order valence-corrected chi connectivity index (χ0v) is 11.7. The second-order valence-corrected chi connectivity index (χ2v) is 5.29. The van der Waals surface area contributed by atoms with Crippen molar-refractivity contribution in [2.24, 2.45) is 0 Å². The van der Waals surface area contributed by atoms with Crippen LogP contribution in [0.4, 0.5) is 0 Å². The van der Waals surface area contributed by atoms with Crippen molar-refractivity contribution in [1.29, 1.82) is 0 Å². The SMILES string of the molecule is CCCNC(C)CCCCSc1ncccn1. The Kier molecular flexibility index (Phi) is 8.01. The van der Waals surface area contributed by atoms with Gasteiger partial charge in [-0.15, -0.1) is 0 Å². The van der Waals surface area contributed by atoms with E-state index >= 15 is 0 Å². The van der Waals surface area contributed by atoms with Crippen molar-refractivity contribution in [3.63, 3.8) is 0 Å². The lowest BCUT2D eigenvalue weighted by atomic mass is 10.1. The lowest BCUT2D eigenvalue weighted by Crippen LogP contribution is -2.26. The van der Waals surface area contributed by atoms with Crippen molar-refractivity contribution in [2.45, 2.75) is 50.7 Å². The van der Waals surface area contributed by atoms with E-state index in [4.69, 9.17) is 0 Å². The molecule has 0 spiro atoms. The number of nitrogens with zero attached hydrogens (tertiary/aromatic N) is 2. The molecule has 0 fully saturated rings. The van der Waals surface area contributed by atoms with Gasteiger partial charge in [-0.1, -0.05) is 25.1 Å². The zero-order valence-electron chi connectivity index (χ0n) is 10.9. The van der Waals surface area contributed by atoms with Gasteiger partial charge in [0.05, 0.1) is 0 Å². The second kappa shape index (κ2) is 9.42. The third kappa shape index (κ3) is 7.34. The molecule has 3 nitrogen and oxygen atoms in total. The van der Waals surface area contributed by atoms with Crippen LogP contribution in [0, 0.1) is 0 Å². The van der Waals surface area contributed by atoms with Crippen LogP contribution in [-0.2, 0) is 0 Å². The van der Waals surface area contributed by atoms with Crippen LogP contribution < -0.4 is 5.32 Å². The van der Waals surface area contributed by atoms with Crippen LogP contribution in [-0.4, -0.2) is 28.3 Å². The van der Waals surface area contributed by atoms with E-state index in [-0.39, 0.29) is 0 Å². The van der Waals surface area contributed by atoms with Crippen LogP contribution in [0.25, 0.3) is 0 Å². The molecule has 0 aromatic carbocycles. The number of hydrogen-bond acceptors (Lipinski definition) is 4. The Morgan fingerprint density at radius 2 is 2.06 bits per heavy atom. The molecule has 0 amide bonds. The fourth-order valence-electron chi connectivity index (χ4n) is 1.57. The molecular formula is C13H23N3S. The molecule has 0 aliphatic carbocycles. The maximum absolute atomic E-state index is 4.19. The Hall–Kier alpha value is -0.610. The topological polar surface area (TPSA) is 37.8 Å². The molecule has 0 aliphatic rings. The highest BCUT2D eigenvalue weighted by Gasteiger charge is 2.00. The van der Waals surface area contributed by atoms with E-state index in [0.717, 1.165) is 17.5 Å². The van der Waals surface area contributed by atoms with Crippen molar-refractivity contribution in [2.75, 3.05) is 12.3 Å². The number of unbranched alkanes of at least 4 members (excludes halogenated alkanes) is 1. The fraction of sp³-hybridized carbons (Fsp3) is 0.692. The predicted octanol–water partition coefficient (Wildman–Crippen LogP) is 3.13. The van der Waals surface area contributed by atoms with Crippen molar-refractivity contribution >= 4 is 11.8 Å². The first kappa shape index (κ1) is 14.5. The summed E-state index contributed by atoms with van der Waals surface area (Å²) in [6, 6.07) is 2.50. The Labute approximate surface area is 109 Å². The van der Waals surface area contributed by atoms with Crippen LogP contribution >= 0.6 is 11.8 Å². The van der Waals surface area contributed by atoms with Gasteiger partial charge in [-0.3, -0.25) is 0 Å². The van der Waals surface area contributed by atoms with Crippen molar-refractivity contribution in [3.8, 4) is 0 Å². The van der Waals surface area contributed by atoms with E-state index in [9.17, 15) is 0 Å². The molecule has 17 heavy (non-hydrogen) atoms. The van der Waals surface area contributed by atoms with Gasteiger partial charge in [-0.05, 0) is 38.8 Å². The van der Waals surface area contributed by atoms with Gasteiger partial charge in [0.15, 0.2) is 5.16 Å². The van der Waals surface area contributed by atoms with Gasteiger partial charge in [-0.2, -0.15) is 0 Å². The van der Waals surface area contributed by atoms with Gasteiger partial charge in [0.1, 0.15) is 0 Å². The second-order valence-electron chi connectivity index (χ2n) is 4.23. The lowest BCUT2D eigenvalue weighted by Gasteiger charge is -2.12. The quantitative estimate of drug-likeness (QED) is 0.417. The number of nitrogens with one attached hydrogen (secondary N) is 1. The summed E-state index contributed by atoms with van der Waals surface area (Å²) in [6.07, 6.45) is 8.58. The maximum Gasteiger partial charge on any atom is 0.187 e. The van der Waals surface area contributed by atoms with E-state index in [1.54, 1.807) is 24.2 Å². The van der Waals surface area contributed by atoms with Gasteiger partial charge in [0.25, 0.3) is 0 Å². The fourth-order valence-corrected chi connectivity index (χ4v) is 2.37. The Morgan fingerprint density at radius 3 is 2.76 bits per heavy atom. The first-order valence-electron chi connectivity index (χ1n) is 6.46. The maximum atomic E-state index is 4.19. The predicted molar refractivity (Wildman–Crippen MR) is 74.4 cm³/mol. The summed E-state index contributed by atoms with van der Waals surface area (Å²) in [7, 11) is 0. The van der Waals surface area contributed by atoms with Gasteiger partial charge in [0, 0.05) is 24.2 Å². The molecule has 4 heteroatoms. The average Bonchev–Trinajstić information content (AvgIpc) is 2.37. The molecule has 1 aromatic rings. The molecule has 0 aliphatic heterocycles. The van der Waals surface area contributed by atoms with Crippen LogP contribution in [0.2, 0.25) is 0 Å². The number of rotatable bonds is 9. The van der Waals surface area contributed by atoms with Crippen LogP contribution in [0.15, 0.2) is 23.6 Å². The highest BCUT2D eigenvalue weighted by Crippen LogP contribution is 2.14. The lowest BCUT2D eigenvalue weighted by molar-refractivity contribution is 0.496. The van der Waals surface area contributed by atoms with Crippen LogP contribution in [0.3, 0.4) is 0 Å². The molecule has 1 rings (SSSR count). The van der Waals surface area contributed by atoms with E-state index < -0.39 is 0 Å². The minimum absolute atomic E-state index is 0.646. The Balaban J connectivity index is 1.97. The zero-order chi connectivity index (χ0) is 12.3. The van der Waals surface area contributed by atoms with Gasteiger partial charge < -0.3 is 5.32 Å². The van der Waals surface area contributed by atoms with Gasteiger partial charge in [0.2, 0.25) is 0 Å². The molecule has 1 atom stereocenters. The molecule has 1 heterocycles. The molecule has 96 valence electrons. The highest BCUT2D eigenvalue weighted by molar-refractivity contribution is 7.99. The average molecular weight is 253 g/mol. The summed E-state index contributed by atoms with van der Waals surface area (Å²) >= 11 is 1.75. The summed E-state index contributed by atoms with van der Waals surface area (Å²) in [5.74, 6) is 1.12. The van der Waals surface area contributed by atoms with Crippen LogP contribution in [0.1, 0.15) is 39.5 Å². The largest absolute Gasteiger partial charge is 0.314 e. The molecule has 0 radical (unpaired) electrons. The molecule has 1 aromatic heterocycles. The van der Waals surface area contributed by atoms with Crippen molar-refractivity contribution in [1.82, 2.24) is 15.3 Å². The normalized spacial score (nSPS) is 12.6. The standard InChI is InChI=1S/C13H23N3S/c1-3-8-14-12(2)7-4-5-11-17-13-15-9-6-10-16-13/h6,9-10,12,14H,3-5,7-8,11H2,1-2H3. The molecule has 0 saturated carbocycles. The molecule has 0 saturated heterocycles. The monoisotopic (exact) mass is 253 g/mol. The van der Waals surface area contributed by atoms with Crippen LogP contribution in [0.5, 0.6) is 0 Å². The van der Waals surface area contributed by atoms with Gasteiger partial charge in [-0.25, -0.2) is 9.97 Å². The minimum Gasteiger partial charge on any atom is -0.314 e. The number of hydrogen-bond donors (Lipinski definition) is 1. The van der Waals surface area contributed by atoms with E-state index in [1.807, 2.05) is 6.07 Å². The summed E-state index contributed by atoms with van der Waals surface area (Å²) in [5, 5.41) is 4.40. The molecule has 0 bridgehead atoms. The summed E-state index contributed by atoms with van der Waals surface area (Å²) in [4.78, 5) is 8.38. The third-order valence-electron chi connectivity index (χ3n) is 2.55. The van der Waals surface area contributed by atoms with E-state index in [0.29, 0.717) is 6.04 Å². The van der Waals surface area contributed by atoms with Gasteiger partial charge >= 0.3 is 0 Å². The number of aromatic nitrogens is 2. The minimum atomic E-state index is 0.646. The Morgan fingerprint density at radius 1 is 1.29 bits per heavy atom. The Bertz CT molecular complexity index is 279. The highest BCUT2D eigenvalue weighted by atomic mass is 32.2. The van der Waals surface area contributed by atoms with E-state index in [2.05, 4.69) is 29.1 Å².